The number of aliphatic hydroxyl groups is 2. The SMILES string of the molecule is Cc1c[nH]c(C)c1C(=O)O[C@H](C)C1=CC[C@@]23OCCN(C)C[C@@]12C[C@@H](O)[C@]12O[C@@]4(O)CC[C@@]1(C)[C@H](CC=C32)C4. The predicted molar refractivity (Wildman–Crippen MR) is 144 cm³/mol. The molecule has 0 unspecified atom stereocenters. The maximum Gasteiger partial charge on any atom is 0.340 e. The second kappa shape index (κ2) is 8.07. The molecule has 212 valence electrons. The highest BCUT2D eigenvalue weighted by Gasteiger charge is 2.79. The van der Waals surface area contributed by atoms with Gasteiger partial charge in [-0.3, -0.25) is 0 Å². The standard InChI is InChI=1S/C31H42N2O6/c1-18-16-32-19(2)25(18)26(35)38-20(3)22-8-9-30-23-7-6-21-14-29(36)11-10-27(21,4)31(23,39-29)24(34)15-28(22,30)17-33(5)12-13-37-30/h7-8,16,20-21,24,32,34,36H,6,9-15,17H2,1-5H3/t20-,21-,24-,27+,28+,29+,30+,31+/m1/s1. The first-order valence-electron chi connectivity index (χ1n) is 14.6. The molecule has 7 aliphatic rings. The van der Waals surface area contributed by atoms with Crippen molar-refractivity contribution < 1.29 is 29.2 Å². The lowest BCUT2D eigenvalue weighted by molar-refractivity contribution is -0.401. The zero-order chi connectivity index (χ0) is 27.6. The van der Waals surface area contributed by atoms with Gasteiger partial charge in [0, 0.05) is 48.7 Å². The number of likely N-dealkylation sites (N-methyl/N-ethyl adjacent to an activating group) is 1. The average Bonchev–Trinajstić information content (AvgIpc) is 3.31. The number of esters is 1. The number of ether oxygens (including phenoxy) is 3. The summed E-state index contributed by atoms with van der Waals surface area (Å²) in [5.74, 6) is -1.31. The van der Waals surface area contributed by atoms with Crippen LogP contribution >= 0.6 is 0 Å². The summed E-state index contributed by atoms with van der Waals surface area (Å²) in [5, 5.41) is 23.8. The smallest absolute Gasteiger partial charge is 0.340 e. The minimum absolute atomic E-state index is 0.252. The molecule has 3 N–H and O–H groups in total. The summed E-state index contributed by atoms with van der Waals surface area (Å²) in [6.07, 6.45) is 8.89. The van der Waals surface area contributed by atoms with E-state index in [1.807, 2.05) is 27.0 Å². The molecule has 3 saturated heterocycles. The predicted octanol–water partition coefficient (Wildman–Crippen LogP) is 3.55. The number of aromatic amines is 1. The number of nitrogens with one attached hydrogen (secondary N) is 1. The molecule has 5 fully saturated rings. The summed E-state index contributed by atoms with van der Waals surface area (Å²) in [5.41, 5.74) is 1.65. The first-order chi connectivity index (χ1) is 18.4. The molecule has 1 spiro atoms. The largest absolute Gasteiger partial charge is 0.454 e. The van der Waals surface area contributed by atoms with Crippen molar-refractivity contribution in [2.45, 2.75) is 95.4 Å². The molecule has 3 aliphatic heterocycles. The molecule has 4 heterocycles. The van der Waals surface area contributed by atoms with Crippen molar-refractivity contribution in [2.75, 3.05) is 26.7 Å². The molecule has 0 aromatic carbocycles. The van der Waals surface area contributed by atoms with Gasteiger partial charge in [-0.1, -0.05) is 19.1 Å². The monoisotopic (exact) mass is 538 g/mol. The fraction of sp³-hybridized carbons (Fsp3) is 0.710. The number of carbonyl (C=O) groups is 1. The summed E-state index contributed by atoms with van der Waals surface area (Å²) in [6, 6.07) is 0. The number of aromatic nitrogens is 1. The van der Waals surface area contributed by atoms with Crippen LogP contribution in [-0.2, 0) is 14.2 Å². The van der Waals surface area contributed by atoms with Gasteiger partial charge in [0.2, 0.25) is 0 Å². The van der Waals surface area contributed by atoms with Crippen molar-refractivity contribution in [3.8, 4) is 0 Å². The quantitative estimate of drug-likeness (QED) is 0.399. The normalized spacial score (nSPS) is 45.4. The zero-order valence-corrected chi connectivity index (χ0v) is 23.8. The summed E-state index contributed by atoms with van der Waals surface area (Å²) in [7, 11) is 2.10. The van der Waals surface area contributed by atoms with Crippen LogP contribution in [0.3, 0.4) is 0 Å². The maximum absolute atomic E-state index is 13.3. The van der Waals surface area contributed by atoms with E-state index in [9.17, 15) is 15.0 Å². The Labute approximate surface area is 230 Å². The van der Waals surface area contributed by atoms with E-state index in [0.717, 1.165) is 41.8 Å². The van der Waals surface area contributed by atoms with E-state index in [1.165, 1.54) is 0 Å². The van der Waals surface area contributed by atoms with E-state index >= 15 is 0 Å². The number of aryl methyl sites for hydroxylation is 2. The van der Waals surface area contributed by atoms with E-state index in [-0.39, 0.29) is 17.3 Å². The highest BCUT2D eigenvalue weighted by Crippen LogP contribution is 2.74. The first kappa shape index (κ1) is 26.0. The molecular weight excluding hydrogens is 496 g/mol. The molecule has 2 saturated carbocycles. The lowest BCUT2D eigenvalue weighted by Gasteiger charge is -2.73. The Hall–Kier alpha value is -1.97. The maximum atomic E-state index is 13.3. The number of rotatable bonds is 3. The Bertz CT molecular complexity index is 1280. The minimum Gasteiger partial charge on any atom is -0.454 e. The number of fused-ring (bicyclic) bond motifs is 1. The Morgan fingerprint density at radius 1 is 1.26 bits per heavy atom. The van der Waals surface area contributed by atoms with Crippen LogP contribution in [0, 0.1) is 30.6 Å². The van der Waals surface area contributed by atoms with E-state index < -0.39 is 34.6 Å². The number of nitrogens with zero attached hydrogens (tertiary/aromatic N) is 1. The van der Waals surface area contributed by atoms with Gasteiger partial charge in [-0.25, -0.2) is 4.79 Å². The van der Waals surface area contributed by atoms with Crippen LogP contribution in [0.4, 0.5) is 0 Å². The third-order valence-electron chi connectivity index (χ3n) is 11.7. The van der Waals surface area contributed by atoms with E-state index in [0.29, 0.717) is 44.4 Å². The topological polar surface area (TPSA) is 104 Å². The van der Waals surface area contributed by atoms with Gasteiger partial charge in [0.1, 0.15) is 17.3 Å². The molecule has 8 atom stereocenters. The lowest BCUT2D eigenvalue weighted by atomic mass is 9.41. The second-order valence-electron chi connectivity index (χ2n) is 13.6. The Morgan fingerprint density at radius 2 is 2.05 bits per heavy atom. The molecule has 0 radical (unpaired) electrons. The molecule has 4 aliphatic carbocycles. The van der Waals surface area contributed by atoms with Crippen LogP contribution in [-0.4, -0.2) is 82.0 Å². The van der Waals surface area contributed by atoms with Crippen molar-refractivity contribution >= 4 is 5.97 Å². The van der Waals surface area contributed by atoms with Crippen molar-refractivity contribution in [3.05, 3.63) is 46.3 Å². The van der Waals surface area contributed by atoms with Crippen LogP contribution in [0.15, 0.2) is 29.5 Å². The zero-order valence-electron chi connectivity index (χ0n) is 23.8. The number of hydrogen-bond acceptors (Lipinski definition) is 7. The third-order valence-corrected chi connectivity index (χ3v) is 11.7. The van der Waals surface area contributed by atoms with Gasteiger partial charge in [-0.15, -0.1) is 0 Å². The molecule has 39 heavy (non-hydrogen) atoms. The van der Waals surface area contributed by atoms with E-state index in [4.69, 9.17) is 14.2 Å². The Kier molecular flexibility index (Phi) is 5.37. The molecule has 1 aromatic heterocycles. The molecular formula is C31H42N2O6. The van der Waals surface area contributed by atoms with E-state index in [2.05, 4.69) is 36.0 Å². The molecule has 1 aromatic rings. The van der Waals surface area contributed by atoms with Crippen molar-refractivity contribution in [2.24, 2.45) is 16.7 Å². The Balaban J connectivity index is 1.33. The van der Waals surface area contributed by atoms with Gasteiger partial charge in [0.25, 0.3) is 0 Å². The molecule has 4 bridgehead atoms. The first-order valence-corrected chi connectivity index (χ1v) is 14.6. The average molecular weight is 539 g/mol. The highest BCUT2D eigenvalue weighted by atomic mass is 16.7. The van der Waals surface area contributed by atoms with E-state index in [1.54, 1.807) is 0 Å². The summed E-state index contributed by atoms with van der Waals surface area (Å²) >= 11 is 0. The van der Waals surface area contributed by atoms with Crippen LogP contribution in [0.5, 0.6) is 0 Å². The molecule has 8 rings (SSSR count). The number of allylic oxidation sites excluding steroid dienone is 1. The van der Waals surface area contributed by atoms with Gasteiger partial charge in [0.15, 0.2) is 5.79 Å². The molecule has 8 nitrogen and oxygen atoms in total. The molecule has 8 heteroatoms. The van der Waals surface area contributed by atoms with Crippen LogP contribution in [0.1, 0.15) is 74.0 Å². The second-order valence-corrected chi connectivity index (χ2v) is 13.6. The van der Waals surface area contributed by atoms with Crippen molar-refractivity contribution in [1.29, 1.82) is 0 Å². The Morgan fingerprint density at radius 3 is 2.79 bits per heavy atom. The number of H-pyrrole nitrogens is 1. The summed E-state index contributed by atoms with van der Waals surface area (Å²) in [4.78, 5) is 18.7. The van der Waals surface area contributed by atoms with Gasteiger partial charge >= 0.3 is 5.97 Å². The minimum atomic E-state index is -1.22. The fourth-order valence-electron chi connectivity index (χ4n) is 9.86. The summed E-state index contributed by atoms with van der Waals surface area (Å²) < 4.78 is 19.9. The summed E-state index contributed by atoms with van der Waals surface area (Å²) in [6.45, 7) is 10.0. The van der Waals surface area contributed by atoms with Crippen molar-refractivity contribution in [3.63, 3.8) is 0 Å². The van der Waals surface area contributed by atoms with Crippen LogP contribution < -0.4 is 0 Å². The number of carbonyl (C=O) groups excluding carboxylic acids is 1. The van der Waals surface area contributed by atoms with Gasteiger partial charge < -0.3 is 34.3 Å². The van der Waals surface area contributed by atoms with Gasteiger partial charge in [0.05, 0.1) is 18.3 Å². The fourth-order valence-corrected chi connectivity index (χ4v) is 9.86. The van der Waals surface area contributed by atoms with Gasteiger partial charge in [-0.2, -0.15) is 0 Å². The van der Waals surface area contributed by atoms with Crippen LogP contribution in [0.2, 0.25) is 0 Å². The third kappa shape index (κ3) is 3.05. The van der Waals surface area contributed by atoms with Crippen LogP contribution in [0.25, 0.3) is 0 Å². The van der Waals surface area contributed by atoms with Gasteiger partial charge in [-0.05, 0) is 76.1 Å². The molecule has 0 amide bonds. The highest BCUT2D eigenvalue weighted by molar-refractivity contribution is 5.92. The lowest BCUT2D eigenvalue weighted by Crippen LogP contribution is -2.79. The number of hydrogen-bond donors (Lipinski definition) is 3. The number of aliphatic hydroxyl groups excluding tert-OH is 1. The van der Waals surface area contributed by atoms with Crippen molar-refractivity contribution in [1.82, 2.24) is 9.88 Å².